The van der Waals surface area contributed by atoms with Gasteiger partial charge in [0.1, 0.15) is 0 Å². The van der Waals surface area contributed by atoms with Gasteiger partial charge in [0, 0.05) is 43.4 Å². The number of hydrogen-bond acceptors (Lipinski definition) is 5. The van der Waals surface area contributed by atoms with Crippen molar-refractivity contribution in [3.63, 3.8) is 0 Å². The first-order chi connectivity index (χ1) is 16.7. The molecule has 0 saturated carbocycles. The van der Waals surface area contributed by atoms with Crippen molar-refractivity contribution in [2.75, 3.05) is 36.4 Å². The Bertz CT molecular complexity index is 1250. The highest BCUT2D eigenvalue weighted by Crippen LogP contribution is 2.29. The van der Waals surface area contributed by atoms with Crippen molar-refractivity contribution >= 4 is 40.0 Å². The molecule has 6 heteroatoms. The summed E-state index contributed by atoms with van der Waals surface area (Å²) in [5.41, 5.74) is 5.46. The van der Waals surface area contributed by atoms with Crippen molar-refractivity contribution in [1.29, 1.82) is 0 Å². The van der Waals surface area contributed by atoms with Crippen molar-refractivity contribution in [1.82, 2.24) is 14.9 Å². The molecule has 0 atom stereocenters. The zero-order chi connectivity index (χ0) is 23.3. The Balaban J connectivity index is 1.35. The molecule has 174 valence electrons. The first-order valence-electron chi connectivity index (χ1n) is 12.0. The zero-order valence-electron chi connectivity index (χ0n) is 19.5. The summed E-state index contributed by atoms with van der Waals surface area (Å²) in [5.74, 6) is 1.73. The Morgan fingerprint density at radius 1 is 0.824 bits per heavy atom. The average Bonchev–Trinajstić information content (AvgIpc) is 2.86. The van der Waals surface area contributed by atoms with E-state index in [4.69, 9.17) is 21.6 Å². The van der Waals surface area contributed by atoms with Crippen molar-refractivity contribution < 1.29 is 0 Å². The van der Waals surface area contributed by atoms with Crippen LogP contribution < -0.4 is 10.2 Å². The number of hydrogen-bond donors (Lipinski definition) is 1. The predicted molar refractivity (Wildman–Crippen MR) is 142 cm³/mol. The van der Waals surface area contributed by atoms with Crippen LogP contribution in [0.4, 0.5) is 17.3 Å². The summed E-state index contributed by atoms with van der Waals surface area (Å²) in [6, 6.07) is 24.9. The molecule has 5 nitrogen and oxygen atoms in total. The van der Waals surface area contributed by atoms with Gasteiger partial charge in [-0.1, -0.05) is 61.3 Å². The molecule has 1 aromatic heterocycles. The molecule has 0 amide bonds. The van der Waals surface area contributed by atoms with Gasteiger partial charge in [-0.15, -0.1) is 0 Å². The van der Waals surface area contributed by atoms with E-state index in [0.29, 0.717) is 0 Å². The van der Waals surface area contributed by atoms with Crippen molar-refractivity contribution in [2.45, 2.75) is 26.3 Å². The number of halogens is 1. The first-order valence-corrected chi connectivity index (χ1v) is 12.4. The molecule has 34 heavy (non-hydrogen) atoms. The van der Waals surface area contributed by atoms with Gasteiger partial charge in [-0.25, -0.2) is 9.97 Å². The summed E-state index contributed by atoms with van der Waals surface area (Å²) in [7, 11) is 0. The van der Waals surface area contributed by atoms with Crippen LogP contribution in [0.5, 0.6) is 0 Å². The maximum atomic E-state index is 6.17. The van der Waals surface area contributed by atoms with Crippen LogP contribution in [-0.2, 0) is 13.0 Å². The summed E-state index contributed by atoms with van der Waals surface area (Å²) in [4.78, 5) is 14.8. The molecule has 0 aliphatic carbocycles. The van der Waals surface area contributed by atoms with E-state index in [1.165, 1.54) is 11.1 Å². The highest BCUT2D eigenvalue weighted by Gasteiger charge is 2.22. The second-order valence-electron chi connectivity index (χ2n) is 8.85. The number of piperazine rings is 1. The SMILES string of the molecule is CCCc1ccc(Nc2nc3ccccc3nc2N2CCN(Cc3cccc(Cl)c3)CC2)cc1. The Kier molecular flexibility index (Phi) is 6.93. The lowest BCUT2D eigenvalue weighted by Gasteiger charge is -2.36. The molecule has 1 aliphatic heterocycles. The largest absolute Gasteiger partial charge is 0.351 e. The van der Waals surface area contributed by atoms with Gasteiger partial charge >= 0.3 is 0 Å². The van der Waals surface area contributed by atoms with Crippen LogP contribution in [0.25, 0.3) is 11.0 Å². The molecule has 0 radical (unpaired) electrons. The Morgan fingerprint density at radius 2 is 1.56 bits per heavy atom. The third-order valence-electron chi connectivity index (χ3n) is 6.27. The third kappa shape index (κ3) is 5.32. The van der Waals surface area contributed by atoms with E-state index >= 15 is 0 Å². The smallest absolute Gasteiger partial charge is 0.174 e. The molecular weight excluding hydrogens is 442 g/mol. The molecule has 1 N–H and O–H groups in total. The Hall–Kier alpha value is -3.15. The average molecular weight is 472 g/mol. The van der Waals surface area contributed by atoms with Crippen LogP contribution in [0.3, 0.4) is 0 Å². The number of para-hydroxylation sites is 2. The predicted octanol–water partition coefficient (Wildman–Crippen LogP) is 6.30. The number of benzene rings is 3. The van der Waals surface area contributed by atoms with E-state index < -0.39 is 0 Å². The quantitative estimate of drug-likeness (QED) is 0.342. The lowest BCUT2D eigenvalue weighted by molar-refractivity contribution is 0.249. The van der Waals surface area contributed by atoms with E-state index in [9.17, 15) is 0 Å². The van der Waals surface area contributed by atoms with Crippen LogP contribution in [0, 0.1) is 0 Å². The molecule has 0 bridgehead atoms. The van der Waals surface area contributed by atoms with Gasteiger partial charge in [0.15, 0.2) is 11.6 Å². The fourth-order valence-corrected chi connectivity index (χ4v) is 4.70. The van der Waals surface area contributed by atoms with Gasteiger partial charge in [-0.2, -0.15) is 0 Å². The van der Waals surface area contributed by atoms with Gasteiger partial charge in [-0.3, -0.25) is 4.90 Å². The molecule has 0 unspecified atom stereocenters. The van der Waals surface area contributed by atoms with Gasteiger partial charge in [0.05, 0.1) is 11.0 Å². The van der Waals surface area contributed by atoms with Gasteiger partial charge < -0.3 is 10.2 Å². The van der Waals surface area contributed by atoms with Crippen LogP contribution in [0.15, 0.2) is 72.8 Å². The standard InChI is InChI=1S/C28H30ClN5/c1-2-6-21-11-13-24(14-12-21)30-27-28(32-26-10-4-3-9-25(26)31-27)34-17-15-33(16-18-34)20-22-7-5-8-23(29)19-22/h3-5,7-14,19H,2,6,15-18,20H2,1H3,(H,30,31). The van der Waals surface area contributed by atoms with Crippen LogP contribution in [0.2, 0.25) is 5.02 Å². The molecular formula is C28H30ClN5. The van der Waals surface area contributed by atoms with Gasteiger partial charge in [-0.05, 0) is 53.9 Å². The first kappa shape index (κ1) is 22.6. The summed E-state index contributed by atoms with van der Waals surface area (Å²) < 4.78 is 0. The number of fused-ring (bicyclic) bond motifs is 1. The molecule has 1 fully saturated rings. The van der Waals surface area contributed by atoms with E-state index in [-0.39, 0.29) is 0 Å². The van der Waals surface area contributed by atoms with Gasteiger partial charge in [0.25, 0.3) is 0 Å². The number of nitrogens with one attached hydrogen (secondary N) is 1. The minimum atomic E-state index is 0.793. The summed E-state index contributed by atoms with van der Waals surface area (Å²) in [6.45, 7) is 6.85. The topological polar surface area (TPSA) is 44.3 Å². The van der Waals surface area contributed by atoms with E-state index in [1.54, 1.807) is 0 Å². The summed E-state index contributed by atoms with van der Waals surface area (Å²) >= 11 is 6.17. The maximum absolute atomic E-state index is 6.17. The van der Waals surface area contributed by atoms with Crippen LogP contribution in [-0.4, -0.2) is 41.0 Å². The fraction of sp³-hybridized carbons (Fsp3) is 0.286. The normalized spacial score (nSPS) is 14.5. The van der Waals surface area contributed by atoms with Crippen molar-refractivity contribution in [3.05, 3.63) is 88.9 Å². The second-order valence-corrected chi connectivity index (χ2v) is 9.29. The number of aromatic nitrogens is 2. The minimum absolute atomic E-state index is 0.793. The van der Waals surface area contributed by atoms with E-state index in [0.717, 1.165) is 78.9 Å². The van der Waals surface area contributed by atoms with Crippen LogP contribution in [0.1, 0.15) is 24.5 Å². The molecule has 5 rings (SSSR count). The molecule has 0 spiro atoms. The van der Waals surface area contributed by atoms with E-state index in [1.807, 2.05) is 36.4 Å². The number of aryl methyl sites for hydroxylation is 1. The maximum Gasteiger partial charge on any atom is 0.174 e. The number of rotatable bonds is 7. The highest BCUT2D eigenvalue weighted by atomic mass is 35.5. The molecule has 3 aromatic carbocycles. The van der Waals surface area contributed by atoms with Crippen LogP contribution >= 0.6 is 11.6 Å². The molecule has 2 heterocycles. The summed E-state index contributed by atoms with van der Waals surface area (Å²) in [5, 5.41) is 4.34. The number of nitrogens with zero attached hydrogens (tertiary/aromatic N) is 4. The highest BCUT2D eigenvalue weighted by molar-refractivity contribution is 6.30. The number of anilines is 3. The second kappa shape index (κ2) is 10.4. The molecule has 4 aromatic rings. The van der Waals surface area contributed by atoms with Crippen molar-refractivity contribution in [2.24, 2.45) is 0 Å². The fourth-order valence-electron chi connectivity index (χ4n) is 4.49. The third-order valence-corrected chi connectivity index (χ3v) is 6.51. The zero-order valence-corrected chi connectivity index (χ0v) is 20.3. The van der Waals surface area contributed by atoms with Gasteiger partial charge in [0.2, 0.25) is 0 Å². The van der Waals surface area contributed by atoms with E-state index in [2.05, 4.69) is 58.4 Å². The minimum Gasteiger partial charge on any atom is -0.351 e. The summed E-state index contributed by atoms with van der Waals surface area (Å²) in [6.07, 6.45) is 2.25. The molecule has 1 aliphatic rings. The lowest BCUT2D eigenvalue weighted by atomic mass is 10.1. The Morgan fingerprint density at radius 3 is 2.26 bits per heavy atom. The van der Waals surface area contributed by atoms with Crippen molar-refractivity contribution in [3.8, 4) is 0 Å². The molecule has 1 saturated heterocycles. The Labute approximate surface area is 206 Å². The lowest BCUT2D eigenvalue weighted by Crippen LogP contribution is -2.46. The monoisotopic (exact) mass is 471 g/mol.